The predicted octanol–water partition coefficient (Wildman–Crippen LogP) is 12.1. The van der Waals surface area contributed by atoms with Crippen molar-refractivity contribution in [2.24, 2.45) is 0 Å². The van der Waals surface area contributed by atoms with E-state index < -0.39 is 0 Å². The molecule has 6 heteroatoms. The number of imidazole rings is 1. The SMILES string of the molecule is Cc1cccc(C)c1-c1ccc2c(c1)c1ccc(Oc3[c-]c4c(cc3)c3ccccc3n4-c3ccccn3)[c-]c1c1ncc(-c3c(C)cccc3C)n21.[Pt+2]. The van der Waals surface area contributed by atoms with Gasteiger partial charge in [0.1, 0.15) is 5.82 Å². The largest absolute Gasteiger partial charge is 2.00 e. The van der Waals surface area contributed by atoms with Gasteiger partial charge in [-0.25, -0.2) is 4.98 Å². The van der Waals surface area contributed by atoms with Crippen LogP contribution >= 0.6 is 0 Å². The molecule has 6 aromatic carbocycles. The molecule has 54 heavy (non-hydrogen) atoms. The Morgan fingerprint density at radius 1 is 0.556 bits per heavy atom. The summed E-state index contributed by atoms with van der Waals surface area (Å²) < 4.78 is 11.1. The van der Waals surface area contributed by atoms with Gasteiger partial charge in [-0.05, 0) is 96.1 Å². The quantitative estimate of drug-likeness (QED) is 0.128. The van der Waals surface area contributed by atoms with Gasteiger partial charge in [-0.3, -0.25) is 4.98 Å². The summed E-state index contributed by atoms with van der Waals surface area (Å²) in [6, 6.07) is 49.6. The molecule has 0 bridgehead atoms. The Morgan fingerprint density at radius 2 is 1.24 bits per heavy atom. The summed E-state index contributed by atoms with van der Waals surface area (Å²) in [6.07, 6.45) is 3.82. The maximum absolute atomic E-state index is 6.61. The van der Waals surface area contributed by atoms with E-state index in [2.05, 4.69) is 145 Å². The van der Waals surface area contributed by atoms with Crippen molar-refractivity contribution < 1.29 is 25.8 Å². The summed E-state index contributed by atoms with van der Waals surface area (Å²) in [5.74, 6) is 2.03. The predicted molar refractivity (Wildman–Crippen MR) is 216 cm³/mol. The number of pyridine rings is 2. The van der Waals surface area contributed by atoms with Gasteiger partial charge in [-0.2, -0.15) is 6.07 Å². The van der Waals surface area contributed by atoms with Crippen LogP contribution in [0, 0.1) is 39.8 Å². The van der Waals surface area contributed by atoms with E-state index >= 15 is 0 Å². The van der Waals surface area contributed by atoms with Gasteiger partial charge in [0.15, 0.2) is 0 Å². The molecule has 0 aliphatic heterocycles. The summed E-state index contributed by atoms with van der Waals surface area (Å²) in [7, 11) is 0. The normalized spacial score (nSPS) is 11.6. The van der Waals surface area contributed by atoms with Crippen molar-refractivity contribution in [1.29, 1.82) is 0 Å². The van der Waals surface area contributed by atoms with Gasteiger partial charge in [0.2, 0.25) is 0 Å². The summed E-state index contributed by atoms with van der Waals surface area (Å²) in [4.78, 5) is 9.76. The molecular formula is C48H34N4OPt. The molecule has 0 aliphatic carbocycles. The Labute approximate surface area is 327 Å². The molecule has 262 valence electrons. The minimum absolute atomic E-state index is 0. The number of hydrogen-bond donors (Lipinski definition) is 0. The van der Waals surface area contributed by atoms with E-state index in [1.807, 2.05) is 42.7 Å². The van der Waals surface area contributed by atoms with Crippen LogP contribution in [0.5, 0.6) is 11.5 Å². The molecule has 10 aromatic rings. The summed E-state index contributed by atoms with van der Waals surface area (Å²) in [5, 5.41) is 5.33. The Hall–Kier alpha value is -6.03. The second-order valence-electron chi connectivity index (χ2n) is 13.9. The Bertz CT molecular complexity index is 3050. The number of nitrogens with zero attached hydrogens (tertiary/aromatic N) is 4. The molecule has 4 heterocycles. The van der Waals surface area contributed by atoms with Crippen LogP contribution in [0.25, 0.3) is 77.3 Å². The van der Waals surface area contributed by atoms with Crippen molar-refractivity contribution >= 4 is 49.1 Å². The number of ether oxygens (including phenoxy) is 1. The van der Waals surface area contributed by atoms with E-state index in [9.17, 15) is 0 Å². The smallest absolute Gasteiger partial charge is 0.503 e. The van der Waals surface area contributed by atoms with Gasteiger partial charge < -0.3 is 13.7 Å². The third kappa shape index (κ3) is 5.26. The zero-order chi connectivity index (χ0) is 35.8. The number of para-hydroxylation sites is 1. The second-order valence-corrected chi connectivity index (χ2v) is 13.9. The minimum Gasteiger partial charge on any atom is -0.503 e. The van der Waals surface area contributed by atoms with Crippen LogP contribution in [-0.4, -0.2) is 18.9 Å². The van der Waals surface area contributed by atoms with Gasteiger partial charge in [0.25, 0.3) is 0 Å². The van der Waals surface area contributed by atoms with E-state index in [1.54, 1.807) is 0 Å². The number of hydrogen-bond acceptors (Lipinski definition) is 3. The fourth-order valence-electron chi connectivity index (χ4n) is 8.25. The van der Waals surface area contributed by atoms with Crippen LogP contribution in [0.3, 0.4) is 0 Å². The van der Waals surface area contributed by atoms with E-state index in [1.165, 1.54) is 38.9 Å². The standard InChI is InChI=1S/C48H34N4O.Pt/c1-29-11-9-12-30(2)46(29)33-18-23-42-39(25-33)36-21-19-34(26-40(36)48-50-28-44(52(42)48)47-31(3)13-10-14-32(47)4)53-35-20-22-38-37-15-5-6-16-41(37)51(43(38)27-35)45-17-7-8-24-49-45;/h5-25,28H,1-4H3;/q-2;+2. The molecule has 0 aliphatic rings. The van der Waals surface area contributed by atoms with E-state index in [-0.39, 0.29) is 21.1 Å². The van der Waals surface area contributed by atoms with Crippen molar-refractivity contribution in [3.63, 3.8) is 0 Å². The fraction of sp³-hybridized carbons (Fsp3) is 0.0833. The summed E-state index contributed by atoms with van der Waals surface area (Å²) in [5.41, 5.74) is 13.5. The van der Waals surface area contributed by atoms with Crippen LogP contribution in [0.1, 0.15) is 22.3 Å². The molecule has 4 aromatic heterocycles. The molecule has 0 saturated heterocycles. The van der Waals surface area contributed by atoms with Crippen LogP contribution < -0.4 is 4.74 Å². The first-order valence-electron chi connectivity index (χ1n) is 17.9. The molecule has 0 unspecified atom stereocenters. The van der Waals surface area contributed by atoms with Crippen LogP contribution in [-0.2, 0) is 21.1 Å². The molecule has 0 N–H and O–H groups in total. The first kappa shape index (κ1) is 33.8. The van der Waals surface area contributed by atoms with Crippen LogP contribution in [0.15, 0.2) is 134 Å². The van der Waals surface area contributed by atoms with E-state index in [4.69, 9.17) is 9.72 Å². The topological polar surface area (TPSA) is 44.3 Å². The summed E-state index contributed by atoms with van der Waals surface area (Å²) >= 11 is 0. The number of benzene rings is 6. The maximum Gasteiger partial charge on any atom is 2.00 e. The number of fused-ring (bicyclic) bond motifs is 9. The van der Waals surface area contributed by atoms with Gasteiger partial charge in [-0.15, -0.1) is 29.7 Å². The third-order valence-corrected chi connectivity index (χ3v) is 10.6. The van der Waals surface area contributed by atoms with Gasteiger partial charge in [0.05, 0.1) is 11.3 Å². The Kier molecular flexibility index (Phi) is 8.21. The van der Waals surface area contributed by atoms with Gasteiger partial charge in [-0.1, -0.05) is 95.2 Å². The number of aryl methyl sites for hydroxylation is 4. The average molecular weight is 878 g/mol. The monoisotopic (exact) mass is 877 g/mol. The summed E-state index contributed by atoms with van der Waals surface area (Å²) in [6.45, 7) is 8.71. The van der Waals surface area contributed by atoms with E-state index in [0.29, 0.717) is 11.5 Å². The molecule has 0 atom stereocenters. The fourth-order valence-corrected chi connectivity index (χ4v) is 8.25. The number of aromatic nitrogens is 4. The molecular weight excluding hydrogens is 844 g/mol. The maximum atomic E-state index is 6.61. The van der Waals surface area contributed by atoms with Crippen molar-refractivity contribution in [2.45, 2.75) is 27.7 Å². The van der Waals surface area contributed by atoms with Gasteiger partial charge in [0, 0.05) is 40.5 Å². The van der Waals surface area contributed by atoms with Crippen LogP contribution in [0.4, 0.5) is 0 Å². The third-order valence-electron chi connectivity index (χ3n) is 10.6. The Balaban J connectivity index is 0.00000384. The first-order valence-corrected chi connectivity index (χ1v) is 17.9. The van der Waals surface area contributed by atoms with Crippen molar-refractivity contribution in [3.05, 3.63) is 168 Å². The number of rotatable bonds is 5. The molecule has 5 nitrogen and oxygen atoms in total. The van der Waals surface area contributed by atoms with Crippen molar-refractivity contribution in [2.75, 3.05) is 0 Å². The van der Waals surface area contributed by atoms with E-state index in [0.717, 1.165) is 60.6 Å². The molecule has 0 fully saturated rings. The molecule has 0 radical (unpaired) electrons. The minimum atomic E-state index is 0. The molecule has 0 saturated carbocycles. The molecule has 0 amide bonds. The van der Waals surface area contributed by atoms with Crippen molar-refractivity contribution in [3.8, 4) is 39.7 Å². The second kappa shape index (κ2) is 13.1. The average Bonchev–Trinajstić information content (AvgIpc) is 3.75. The Morgan fingerprint density at radius 3 is 1.98 bits per heavy atom. The van der Waals surface area contributed by atoms with Crippen LogP contribution in [0.2, 0.25) is 0 Å². The molecule has 10 rings (SSSR count). The zero-order valence-corrected chi connectivity index (χ0v) is 32.5. The van der Waals surface area contributed by atoms with Crippen molar-refractivity contribution in [1.82, 2.24) is 18.9 Å². The zero-order valence-electron chi connectivity index (χ0n) is 30.2. The molecule has 0 spiro atoms. The van der Waals surface area contributed by atoms with Gasteiger partial charge >= 0.3 is 21.1 Å². The first-order chi connectivity index (χ1) is 25.9.